The van der Waals surface area contributed by atoms with Gasteiger partial charge in [-0.2, -0.15) is 0 Å². The molecule has 0 aliphatic carbocycles. The zero-order valence-corrected chi connectivity index (χ0v) is 10.7. The van der Waals surface area contributed by atoms with Gasteiger partial charge in [0, 0.05) is 24.1 Å². The summed E-state index contributed by atoms with van der Waals surface area (Å²) in [5.74, 6) is -3.28. The molecular formula is C12H12N2O7. The Morgan fingerprint density at radius 2 is 1.76 bits per heavy atom. The number of nitro benzene ring substituents is 1. The molecule has 0 aliphatic heterocycles. The summed E-state index contributed by atoms with van der Waals surface area (Å²) in [4.78, 5) is 43.0. The quantitative estimate of drug-likeness (QED) is 0.494. The van der Waals surface area contributed by atoms with Crippen LogP contribution in [0.2, 0.25) is 0 Å². The fourth-order valence-corrected chi connectivity index (χ4v) is 1.50. The number of nitro groups is 1. The second-order valence-corrected chi connectivity index (χ2v) is 4.10. The largest absolute Gasteiger partial charge is 0.481 e. The average molecular weight is 296 g/mol. The molecule has 0 fully saturated rings. The second kappa shape index (κ2) is 6.98. The van der Waals surface area contributed by atoms with Gasteiger partial charge in [-0.15, -0.1) is 0 Å². The first kappa shape index (κ1) is 16.1. The van der Waals surface area contributed by atoms with Gasteiger partial charge in [0.05, 0.1) is 4.92 Å². The molecule has 3 N–H and O–H groups in total. The second-order valence-electron chi connectivity index (χ2n) is 4.10. The Hall–Kier alpha value is -2.97. The van der Waals surface area contributed by atoms with Crippen molar-refractivity contribution >= 4 is 23.5 Å². The third kappa shape index (κ3) is 4.90. The number of nitrogens with zero attached hydrogens (tertiary/aromatic N) is 1. The van der Waals surface area contributed by atoms with E-state index in [1.165, 1.54) is 12.1 Å². The van der Waals surface area contributed by atoms with Crippen LogP contribution in [0.15, 0.2) is 24.3 Å². The summed E-state index contributed by atoms with van der Waals surface area (Å²) in [7, 11) is 0. The number of carboxylic acids is 2. The predicted octanol–water partition coefficient (Wildman–Crippen LogP) is 0.643. The molecule has 1 aromatic rings. The summed E-state index contributed by atoms with van der Waals surface area (Å²) in [5, 5.41) is 30.0. The number of rotatable bonds is 7. The van der Waals surface area contributed by atoms with Gasteiger partial charge in [0.15, 0.2) is 0 Å². The van der Waals surface area contributed by atoms with Crippen LogP contribution >= 0.6 is 0 Å². The number of carbonyl (C=O) groups excluding carboxylic acids is 1. The number of amides is 1. The Morgan fingerprint density at radius 1 is 1.19 bits per heavy atom. The van der Waals surface area contributed by atoms with Crippen LogP contribution in [-0.2, 0) is 9.59 Å². The summed E-state index contributed by atoms with van der Waals surface area (Å²) in [5.41, 5.74) is -0.158. The van der Waals surface area contributed by atoms with Crippen molar-refractivity contribution in [3.63, 3.8) is 0 Å². The van der Waals surface area contributed by atoms with Crippen molar-refractivity contribution in [2.75, 3.05) is 0 Å². The molecule has 9 nitrogen and oxygen atoms in total. The van der Waals surface area contributed by atoms with E-state index in [1.807, 2.05) is 0 Å². The van der Waals surface area contributed by atoms with Crippen molar-refractivity contribution in [2.24, 2.45) is 0 Å². The average Bonchev–Trinajstić information content (AvgIpc) is 2.42. The van der Waals surface area contributed by atoms with E-state index in [4.69, 9.17) is 10.2 Å². The lowest BCUT2D eigenvalue weighted by Crippen LogP contribution is -2.41. The van der Waals surface area contributed by atoms with Crippen molar-refractivity contribution in [1.29, 1.82) is 0 Å². The number of benzene rings is 1. The Bertz CT molecular complexity index is 567. The first-order chi connectivity index (χ1) is 9.81. The number of non-ortho nitro benzene ring substituents is 1. The predicted molar refractivity (Wildman–Crippen MR) is 68.9 cm³/mol. The van der Waals surface area contributed by atoms with Crippen LogP contribution in [0.1, 0.15) is 23.2 Å². The first-order valence-corrected chi connectivity index (χ1v) is 5.81. The molecule has 112 valence electrons. The van der Waals surface area contributed by atoms with E-state index in [-0.39, 0.29) is 17.7 Å². The molecule has 0 heterocycles. The minimum atomic E-state index is -1.36. The smallest absolute Gasteiger partial charge is 0.326 e. The molecule has 0 spiro atoms. The molecule has 1 rings (SSSR count). The van der Waals surface area contributed by atoms with Crippen molar-refractivity contribution < 1.29 is 29.5 Å². The number of nitrogens with one attached hydrogen (secondary N) is 1. The summed E-state index contributed by atoms with van der Waals surface area (Å²) < 4.78 is 0. The Balaban J connectivity index is 2.74. The minimum absolute atomic E-state index is 0.0437. The van der Waals surface area contributed by atoms with E-state index in [1.54, 1.807) is 0 Å². The molecule has 1 unspecified atom stereocenters. The maximum absolute atomic E-state index is 11.8. The molecule has 1 amide bonds. The Morgan fingerprint density at radius 3 is 2.19 bits per heavy atom. The molecular weight excluding hydrogens is 284 g/mol. The van der Waals surface area contributed by atoms with Crippen molar-refractivity contribution in [3.05, 3.63) is 39.9 Å². The van der Waals surface area contributed by atoms with Crippen LogP contribution in [0, 0.1) is 10.1 Å². The molecule has 0 bridgehead atoms. The maximum Gasteiger partial charge on any atom is 0.326 e. The lowest BCUT2D eigenvalue weighted by molar-refractivity contribution is -0.384. The molecule has 9 heteroatoms. The van der Waals surface area contributed by atoms with Gasteiger partial charge in [0.2, 0.25) is 0 Å². The van der Waals surface area contributed by atoms with Gasteiger partial charge >= 0.3 is 11.9 Å². The standard InChI is InChI=1S/C12H12N2O7/c15-10(16)6-5-9(12(18)19)13-11(17)7-1-3-8(4-2-7)14(20)21/h1-4,9H,5-6H2,(H,13,17)(H,15,16)(H,18,19). The molecule has 1 atom stereocenters. The molecule has 0 radical (unpaired) electrons. The highest BCUT2D eigenvalue weighted by Gasteiger charge is 2.21. The highest BCUT2D eigenvalue weighted by molar-refractivity contribution is 5.96. The number of hydrogen-bond donors (Lipinski definition) is 3. The van der Waals surface area contributed by atoms with Crippen LogP contribution in [0.4, 0.5) is 5.69 Å². The van der Waals surface area contributed by atoms with E-state index < -0.39 is 35.2 Å². The van der Waals surface area contributed by atoms with Gasteiger partial charge in [-0.05, 0) is 18.6 Å². The van der Waals surface area contributed by atoms with Crippen molar-refractivity contribution in [1.82, 2.24) is 5.32 Å². The normalized spacial score (nSPS) is 11.4. The number of hydrogen-bond acceptors (Lipinski definition) is 5. The first-order valence-electron chi connectivity index (χ1n) is 5.81. The van der Waals surface area contributed by atoms with E-state index in [0.717, 1.165) is 12.1 Å². The van der Waals surface area contributed by atoms with E-state index in [0.29, 0.717) is 0 Å². The van der Waals surface area contributed by atoms with Crippen LogP contribution in [0.5, 0.6) is 0 Å². The lowest BCUT2D eigenvalue weighted by Gasteiger charge is -2.13. The highest BCUT2D eigenvalue weighted by atomic mass is 16.6. The summed E-state index contributed by atoms with van der Waals surface area (Å²) in [6.07, 6.45) is -0.666. The van der Waals surface area contributed by atoms with Crippen LogP contribution in [0.25, 0.3) is 0 Å². The van der Waals surface area contributed by atoms with Gasteiger partial charge in [0.25, 0.3) is 11.6 Å². The molecule has 0 aromatic heterocycles. The molecule has 0 aliphatic rings. The molecule has 1 aromatic carbocycles. The van der Waals surface area contributed by atoms with Crippen LogP contribution < -0.4 is 5.32 Å². The Kier molecular flexibility index (Phi) is 5.35. The van der Waals surface area contributed by atoms with Gasteiger partial charge in [-0.1, -0.05) is 0 Å². The summed E-state index contributed by atoms with van der Waals surface area (Å²) in [6.45, 7) is 0. The fourth-order valence-electron chi connectivity index (χ4n) is 1.50. The summed E-state index contributed by atoms with van der Waals surface area (Å²) in [6, 6.07) is 3.25. The summed E-state index contributed by atoms with van der Waals surface area (Å²) >= 11 is 0. The van der Waals surface area contributed by atoms with E-state index >= 15 is 0 Å². The molecule has 0 saturated heterocycles. The van der Waals surface area contributed by atoms with Crippen LogP contribution in [-0.4, -0.2) is 39.0 Å². The highest BCUT2D eigenvalue weighted by Crippen LogP contribution is 2.12. The van der Waals surface area contributed by atoms with Crippen molar-refractivity contribution in [2.45, 2.75) is 18.9 Å². The fraction of sp³-hybridized carbons (Fsp3) is 0.250. The van der Waals surface area contributed by atoms with Crippen molar-refractivity contribution in [3.8, 4) is 0 Å². The zero-order chi connectivity index (χ0) is 16.0. The zero-order valence-electron chi connectivity index (χ0n) is 10.7. The van der Waals surface area contributed by atoms with Gasteiger partial charge in [-0.3, -0.25) is 19.7 Å². The topological polar surface area (TPSA) is 147 Å². The maximum atomic E-state index is 11.8. The lowest BCUT2D eigenvalue weighted by atomic mass is 10.1. The minimum Gasteiger partial charge on any atom is -0.481 e. The molecule has 21 heavy (non-hydrogen) atoms. The van der Waals surface area contributed by atoms with Gasteiger partial charge in [-0.25, -0.2) is 4.79 Å². The Labute approximate surface area is 118 Å². The molecule has 0 saturated carbocycles. The number of aliphatic carboxylic acids is 2. The van der Waals surface area contributed by atoms with E-state index in [2.05, 4.69) is 5.32 Å². The van der Waals surface area contributed by atoms with Crippen LogP contribution in [0.3, 0.4) is 0 Å². The van der Waals surface area contributed by atoms with Gasteiger partial charge in [0.1, 0.15) is 6.04 Å². The number of carboxylic acid groups (broad SMARTS) is 2. The SMILES string of the molecule is O=C(O)CCC(NC(=O)c1ccc([N+](=O)[O-])cc1)C(=O)O. The monoisotopic (exact) mass is 296 g/mol. The van der Waals surface area contributed by atoms with Gasteiger partial charge < -0.3 is 15.5 Å². The number of carbonyl (C=O) groups is 3. The van der Waals surface area contributed by atoms with E-state index in [9.17, 15) is 24.5 Å². The third-order valence-electron chi connectivity index (χ3n) is 2.59. The third-order valence-corrected chi connectivity index (χ3v) is 2.59.